The molecule has 1 aliphatic heterocycles. The van der Waals surface area contributed by atoms with Crippen molar-refractivity contribution in [2.75, 3.05) is 11.5 Å². The lowest BCUT2D eigenvalue weighted by Gasteiger charge is -2.15. The van der Waals surface area contributed by atoms with Crippen LogP contribution in [0, 0.1) is 0 Å². The molecule has 0 fully saturated rings. The van der Waals surface area contributed by atoms with E-state index in [1.54, 1.807) is 30.4 Å². The molecule has 0 aliphatic carbocycles. The summed E-state index contributed by atoms with van der Waals surface area (Å²) in [6, 6.07) is 6.52. The minimum atomic E-state index is -3.60. The Morgan fingerprint density at radius 2 is 1.61 bits per heavy atom. The first-order chi connectivity index (χ1) is 10.9. The number of fused-ring (bicyclic) bond motifs is 3. The molecule has 0 radical (unpaired) electrons. The number of sulfone groups is 1. The van der Waals surface area contributed by atoms with Gasteiger partial charge < -0.3 is 11.5 Å². The van der Waals surface area contributed by atoms with Crippen LogP contribution >= 0.6 is 0 Å². The van der Waals surface area contributed by atoms with Crippen molar-refractivity contribution in [2.45, 2.75) is 22.6 Å². The minimum absolute atomic E-state index is 0.243. The molecule has 0 amide bonds. The van der Waals surface area contributed by atoms with Crippen molar-refractivity contribution in [3.05, 3.63) is 60.7 Å². The van der Waals surface area contributed by atoms with Gasteiger partial charge in [0, 0.05) is 22.5 Å². The average Bonchev–Trinajstić information content (AvgIpc) is 2.71. The molecule has 0 aromatic heterocycles. The van der Waals surface area contributed by atoms with Crippen LogP contribution in [0.25, 0.3) is 11.1 Å². The Bertz CT molecular complexity index is 944. The SMILES string of the molecule is C=CCc1c(N)cc2c(c1CC=C)-c1ccc(N)cc1S2(=O)=O. The lowest BCUT2D eigenvalue weighted by atomic mass is 9.90. The van der Waals surface area contributed by atoms with Crippen LogP contribution in [0.2, 0.25) is 0 Å². The number of benzene rings is 2. The highest BCUT2D eigenvalue weighted by Crippen LogP contribution is 2.48. The molecule has 1 aliphatic rings. The van der Waals surface area contributed by atoms with Gasteiger partial charge in [-0.2, -0.15) is 0 Å². The van der Waals surface area contributed by atoms with Crippen LogP contribution in [-0.2, 0) is 22.7 Å². The number of nitrogens with two attached hydrogens (primary N) is 2. The van der Waals surface area contributed by atoms with E-state index in [0.29, 0.717) is 35.3 Å². The summed E-state index contributed by atoms with van der Waals surface area (Å²) in [4.78, 5) is 0.494. The summed E-state index contributed by atoms with van der Waals surface area (Å²) in [6.07, 6.45) is 4.63. The second-order valence-electron chi connectivity index (χ2n) is 5.54. The zero-order valence-corrected chi connectivity index (χ0v) is 13.5. The molecule has 4 N–H and O–H groups in total. The number of nitrogen functional groups attached to an aromatic ring is 2. The van der Waals surface area contributed by atoms with Gasteiger partial charge >= 0.3 is 0 Å². The van der Waals surface area contributed by atoms with Crippen molar-refractivity contribution in [1.29, 1.82) is 0 Å². The van der Waals surface area contributed by atoms with E-state index in [2.05, 4.69) is 13.2 Å². The third-order valence-corrected chi connectivity index (χ3v) is 5.92. The molecular weight excluding hydrogens is 308 g/mol. The molecule has 4 nitrogen and oxygen atoms in total. The van der Waals surface area contributed by atoms with Gasteiger partial charge in [0.2, 0.25) is 9.84 Å². The van der Waals surface area contributed by atoms with Gasteiger partial charge in [-0.05, 0) is 42.2 Å². The van der Waals surface area contributed by atoms with Crippen molar-refractivity contribution in [3.63, 3.8) is 0 Å². The van der Waals surface area contributed by atoms with Crippen molar-refractivity contribution in [3.8, 4) is 11.1 Å². The van der Waals surface area contributed by atoms with Crippen LogP contribution in [0.3, 0.4) is 0 Å². The quantitative estimate of drug-likeness (QED) is 0.570. The van der Waals surface area contributed by atoms with Crippen molar-refractivity contribution >= 4 is 21.2 Å². The molecule has 1 heterocycles. The van der Waals surface area contributed by atoms with E-state index in [0.717, 1.165) is 11.1 Å². The first kappa shape index (κ1) is 15.4. The molecule has 2 aromatic rings. The average molecular weight is 326 g/mol. The van der Waals surface area contributed by atoms with Crippen LogP contribution in [0.1, 0.15) is 11.1 Å². The molecular formula is C18H18N2O2S. The molecule has 0 atom stereocenters. The summed E-state index contributed by atoms with van der Waals surface area (Å²) in [5.41, 5.74) is 16.0. The topological polar surface area (TPSA) is 86.2 Å². The maximum Gasteiger partial charge on any atom is 0.207 e. The number of allylic oxidation sites excluding steroid dienone is 2. The highest BCUT2D eigenvalue weighted by molar-refractivity contribution is 7.92. The predicted octanol–water partition coefficient (Wildman–Crippen LogP) is 3.12. The molecule has 23 heavy (non-hydrogen) atoms. The Morgan fingerprint density at radius 3 is 2.26 bits per heavy atom. The van der Waals surface area contributed by atoms with Crippen LogP contribution in [0.4, 0.5) is 11.4 Å². The van der Waals surface area contributed by atoms with E-state index in [1.165, 1.54) is 6.07 Å². The fourth-order valence-electron chi connectivity index (χ4n) is 3.12. The zero-order valence-electron chi connectivity index (χ0n) is 12.7. The normalized spacial score (nSPS) is 14.1. The molecule has 5 heteroatoms. The Morgan fingerprint density at radius 1 is 0.957 bits per heavy atom. The van der Waals surface area contributed by atoms with E-state index in [1.807, 2.05) is 0 Å². The fraction of sp³-hybridized carbons (Fsp3) is 0.111. The predicted molar refractivity (Wildman–Crippen MR) is 94.0 cm³/mol. The maximum absolute atomic E-state index is 12.8. The molecule has 0 unspecified atom stereocenters. The van der Waals surface area contributed by atoms with Crippen LogP contribution in [0.15, 0.2) is 59.4 Å². The van der Waals surface area contributed by atoms with Crippen molar-refractivity contribution in [2.24, 2.45) is 0 Å². The second kappa shape index (κ2) is 5.28. The van der Waals surface area contributed by atoms with Gasteiger partial charge in [-0.3, -0.25) is 0 Å². The van der Waals surface area contributed by atoms with Crippen LogP contribution in [-0.4, -0.2) is 8.42 Å². The van der Waals surface area contributed by atoms with Crippen LogP contribution in [0.5, 0.6) is 0 Å². The molecule has 0 spiro atoms. The molecule has 0 saturated heterocycles. The first-order valence-electron chi connectivity index (χ1n) is 7.22. The summed E-state index contributed by atoms with van der Waals surface area (Å²) in [5, 5.41) is 0. The standard InChI is InChI=1S/C18H18N2O2S/c1-3-5-12-13(6-4-2)18-14-8-7-11(19)9-16(14)23(21,22)17(18)10-15(12)20/h3-4,7-10H,1-2,5-6,19-20H2. The first-order valence-corrected chi connectivity index (χ1v) is 8.71. The number of hydrogen-bond donors (Lipinski definition) is 2. The highest BCUT2D eigenvalue weighted by atomic mass is 32.2. The van der Waals surface area contributed by atoms with E-state index in [4.69, 9.17) is 11.5 Å². The van der Waals surface area contributed by atoms with Gasteiger partial charge in [-0.25, -0.2) is 8.42 Å². The molecule has 3 rings (SSSR count). The van der Waals surface area contributed by atoms with E-state index < -0.39 is 9.84 Å². The third kappa shape index (κ3) is 2.16. The van der Waals surface area contributed by atoms with Gasteiger partial charge in [0.1, 0.15) is 0 Å². The summed E-state index contributed by atoms with van der Waals surface area (Å²) >= 11 is 0. The summed E-state index contributed by atoms with van der Waals surface area (Å²) in [7, 11) is -3.60. The summed E-state index contributed by atoms with van der Waals surface area (Å²) in [5.74, 6) is 0. The maximum atomic E-state index is 12.8. The Kier molecular flexibility index (Phi) is 3.53. The minimum Gasteiger partial charge on any atom is -0.399 e. The van der Waals surface area contributed by atoms with Crippen LogP contribution < -0.4 is 11.5 Å². The van der Waals surface area contributed by atoms with Gasteiger partial charge in [0.05, 0.1) is 9.79 Å². The number of anilines is 2. The molecule has 0 bridgehead atoms. The van der Waals surface area contributed by atoms with E-state index >= 15 is 0 Å². The lowest BCUT2D eigenvalue weighted by Crippen LogP contribution is -2.04. The zero-order chi connectivity index (χ0) is 16.8. The third-order valence-electron chi connectivity index (χ3n) is 4.10. The molecule has 118 valence electrons. The molecule has 0 saturated carbocycles. The Balaban J connectivity index is 2.46. The monoisotopic (exact) mass is 326 g/mol. The number of hydrogen-bond acceptors (Lipinski definition) is 4. The van der Waals surface area contributed by atoms with Gasteiger partial charge in [0.25, 0.3) is 0 Å². The lowest BCUT2D eigenvalue weighted by molar-refractivity contribution is 0.598. The van der Waals surface area contributed by atoms with E-state index in [-0.39, 0.29) is 9.79 Å². The highest BCUT2D eigenvalue weighted by Gasteiger charge is 2.36. The van der Waals surface area contributed by atoms with Gasteiger partial charge in [-0.15, -0.1) is 13.2 Å². The second-order valence-corrected chi connectivity index (χ2v) is 7.43. The smallest absolute Gasteiger partial charge is 0.207 e. The Hall–Kier alpha value is -2.53. The Labute approximate surface area is 136 Å². The van der Waals surface area contributed by atoms with Crippen molar-refractivity contribution in [1.82, 2.24) is 0 Å². The van der Waals surface area contributed by atoms with E-state index in [9.17, 15) is 8.42 Å². The molecule has 2 aromatic carbocycles. The summed E-state index contributed by atoms with van der Waals surface area (Å²) in [6.45, 7) is 7.54. The van der Waals surface area contributed by atoms with Crippen molar-refractivity contribution < 1.29 is 8.42 Å². The van der Waals surface area contributed by atoms with Gasteiger partial charge in [-0.1, -0.05) is 18.2 Å². The summed E-state index contributed by atoms with van der Waals surface area (Å²) < 4.78 is 25.7. The fourth-order valence-corrected chi connectivity index (χ4v) is 4.89. The largest absolute Gasteiger partial charge is 0.399 e. The van der Waals surface area contributed by atoms with Gasteiger partial charge in [0.15, 0.2) is 0 Å². The number of rotatable bonds is 4.